The van der Waals surface area contributed by atoms with E-state index in [9.17, 15) is 5.11 Å². The van der Waals surface area contributed by atoms with Gasteiger partial charge in [-0.2, -0.15) is 0 Å². The molecule has 3 nitrogen and oxygen atoms in total. The highest BCUT2D eigenvalue weighted by molar-refractivity contribution is 5.62. The summed E-state index contributed by atoms with van der Waals surface area (Å²) < 4.78 is 0. The Balaban J connectivity index is 0. The molecule has 0 radical (unpaired) electrons. The maximum absolute atomic E-state index is 9.51. The Kier molecular flexibility index (Phi) is 16.0. The van der Waals surface area contributed by atoms with Crippen molar-refractivity contribution < 1.29 is 15.0 Å². The third-order valence-corrected chi connectivity index (χ3v) is 2.79. The molecule has 0 fully saturated rings. The number of hydrogen-bond donors (Lipinski definition) is 2. The minimum absolute atomic E-state index is 0.204. The van der Waals surface area contributed by atoms with Crippen molar-refractivity contribution in [3.8, 4) is 0 Å². The average molecular weight is 270 g/mol. The molecule has 19 heavy (non-hydrogen) atoms. The quantitative estimate of drug-likeness (QED) is 0.485. The molecular formula is C16H30O3. The van der Waals surface area contributed by atoms with Crippen LogP contribution in [-0.2, 0) is 4.79 Å². The molecule has 0 aromatic carbocycles. The Morgan fingerprint density at radius 3 is 2.16 bits per heavy atom. The van der Waals surface area contributed by atoms with Gasteiger partial charge in [0, 0.05) is 13.3 Å². The number of aliphatic hydroxyl groups excluding tert-OH is 1. The smallest absolute Gasteiger partial charge is 0.300 e. The zero-order valence-corrected chi connectivity index (χ0v) is 12.7. The van der Waals surface area contributed by atoms with Crippen LogP contribution < -0.4 is 0 Å². The summed E-state index contributed by atoms with van der Waals surface area (Å²) in [6.45, 7) is 9.01. The first-order valence-electron chi connectivity index (χ1n) is 7.23. The van der Waals surface area contributed by atoms with Crippen LogP contribution in [0.5, 0.6) is 0 Å². The predicted octanol–water partition coefficient (Wildman–Crippen LogP) is 4.31. The zero-order chi connectivity index (χ0) is 15.1. The minimum atomic E-state index is -0.833. The molecule has 1 atom stereocenters. The van der Waals surface area contributed by atoms with Crippen molar-refractivity contribution in [3.05, 3.63) is 17.9 Å². The summed E-state index contributed by atoms with van der Waals surface area (Å²) in [6.07, 6.45) is 8.90. The van der Waals surface area contributed by atoms with E-state index in [0.29, 0.717) is 0 Å². The van der Waals surface area contributed by atoms with Gasteiger partial charge in [-0.3, -0.25) is 4.79 Å². The first-order chi connectivity index (χ1) is 8.97. The van der Waals surface area contributed by atoms with E-state index in [1.54, 1.807) is 0 Å². The highest BCUT2D eigenvalue weighted by Gasteiger charge is 2.04. The molecule has 0 aromatic heterocycles. The molecule has 0 spiro atoms. The van der Waals surface area contributed by atoms with Gasteiger partial charge < -0.3 is 10.2 Å². The van der Waals surface area contributed by atoms with E-state index in [4.69, 9.17) is 9.90 Å². The summed E-state index contributed by atoms with van der Waals surface area (Å²) in [4.78, 5) is 9.00. The fourth-order valence-corrected chi connectivity index (χ4v) is 1.63. The van der Waals surface area contributed by atoms with Crippen molar-refractivity contribution in [1.29, 1.82) is 0 Å². The second kappa shape index (κ2) is 15.0. The van der Waals surface area contributed by atoms with Gasteiger partial charge in [0.05, 0.1) is 6.10 Å². The highest BCUT2D eigenvalue weighted by atomic mass is 16.4. The summed E-state index contributed by atoms with van der Waals surface area (Å²) in [7, 11) is 0. The molecule has 0 amide bonds. The maximum Gasteiger partial charge on any atom is 0.300 e. The molecule has 0 heterocycles. The number of aliphatic hydroxyl groups is 1. The van der Waals surface area contributed by atoms with Gasteiger partial charge in [-0.25, -0.2) is 0 Å². The molecule has 0 aliphatic carbocycles. The average Bonchev–Trinajstić information content (AvgIpc) is 2.36. The molecule has 2 N–H and O–H groups in total. The van der Waals surface area contributed by atoms with Gasteiger partial charge in [0.2, 0.25) is 0 Å². The molecule has 112 valence electrons. The molecule has 0 aliphatic heterocycles. The fraction of sp³-hybridized carbons (Fsp3) is 0.750. The van der Waals surface area contributed by atoms with Gasteiger partial charge in [-0.05, 0) is 24.8 Å². The summed E-state index contributed by atoms with van der Waals surface area (Å²) in [5.41, 5.74) is 4.16. The first kappa shape index (κ1) is 20.3. The normalized spacial score (nSPS) is 10.9. The molecule has 0 saturated heterocycles. The van der Waals surface area contributed by atoms with E-state index >= 15 is 0 Å². The van der Waals surface area contributed by atoms with Crippen LogP contribution in [-0.4, -0.2) is 22.3 Å². The number of carboxylic acids is 1. The maximum atomic E-state index is 9.51. The van der Waals surface area contributed by atoms with Crippen LogP contribution in [0.15, 0.2) is 17.9 Å². The monoisotopic (exact) mass is 270 g/mol. The Morgan fingerprint density at radius 2 is 1.74 bits per heavy atom. The van der Waals surface area contributed by atoms with Gasteiger partial charge >= 0.3 is 0 Å². The number of hydrogen-bond acceptors (Lipinski definition) is 2. The van der Waals surface area contributed by atoms with Gasteiger partial charge in [0.15, 0.2) is 0 Å². The van der Waals surface area contributed by atoms with Crippen molar-refractivity contribution in [2.45, 2.75) is 78.2 Å². The van der Waals surface area contributed by atoms with Crippen LogP contribution >= 0.6 is 0 Å². The SMILES string of the molecule is C=C=C(CCCCCCC)C[C@H](O)CC.CC(=O)O. The van der Waals surface area contributed by atoms with E-state index in [1.807, 2.05) is 6.92 Å². The zero-order valence-electron chi connectivity index (χ0n) is 12.7. The third-order valence-electron chi connectivity index (χ3n) is 2.79. The van der Waals surface area contributed by atoms with E-state index in [2.05, 4.69) is 19.2 Å². The van der Waals surface area contributed by atoms with Crippen molar-refractivity contribution >= 4 is 5.97 Å². The van der Waals surface area contributed by atoms with Gasteiger partial charge in [-0.15, -0.1) is 5.73 Å². The molecule has 0 aromatic rings. The Morgan fingerprint density at radius 1 is 1.21 bits per heavy atom. The first-order valence-corrected chi connectivity index (χ1v) is 7.23. The second-order valence-electron chi connectivity index (χ2n) is 4.73. The van der Waals surface area contributed by atoms with Crippen molar-refractivity contribution in [2.75, 3.05) is 0 Å². The van der Waals surface area contributed by atoms with Crippen LogP contribution in [0.2, 0.25) is 0 Å². The number of carboxylic acid groups (broad SMARTS) is 1. The largest absolute Gasteiger partial charge is 0.481 e. The number of carbonyl (C=O) groups is 1. The summed E-state index contributed by atoms with van der Waals surface area (Å²) >= 11 is 0. The lowest BCUT2D eigenvalue weighted by molar-refractivity contribution is -0.134. The number of rotatable bonds is 9. The van der Waals surface area contributed by atoms with E-state index in [0.717, 1.165) is 26.2 Å². The Bertz CT molecular complexity index is 261. The van der Waals surface area contributed by atoms with Crippen molar-refractivity contribution in [1.82, 2.24) is 0 Å². The molecule has 0 aliphatic rings. The predicted molar refractivity (Wildman–Crippen MR) is 80.3 cm³/mol. The van der Waals surface area contributed by atoms with Crippen LogP contribution in [0.1, 0.15) is 72.1 Å². The van der Waals surface area contributed by atoms with Crippen LogP contribution in [0.3, 0.4) is 0 Å². The minimum Gasteiger partial charge on any atom is -0.481 e. The Hall–Kier alpha value is -1.05. The van der Waals surface area contributed by atoms with E-state index in [1.165, 1.54) is 37.7 Å². The summed E-state index contributed by atoms with van der Waals surface area (Å²) in [6, 6.07) is 0. The van der Waals surface area contributed by atoms with E-state index < -0.39 is 5.97 Å². The van der Waals surface area contributed by atoms with Gasteiger partial charge in [-0.1, -0.05) is 46.1 Å². The van der Waals surface area contributed by atoms with Crippen LogP contribution in [0.4, 0.5) is 0 Å². The van der Waals surface area contributed by atoms with Gasteiger partial charge in [0.1, 0.15) is 0 Å². The molecule has 3 heteroatoms. The van der Waals surface area contributed by atoms with Crippen molar-refractivity contribution in [2.24, 2.45) is 0 Å². The fourth-order valence-electron chi connectivity index (χ4n) is 1.63. The van der Waals surface area contributed by atoms with E-state index in [-0.39, 0.29) is 6.10 Å². The van der Waals surface area contributed by atoms with Crippen LogP contribution in [0.25, 0.3) is 0 Å². The highest BCUT2D eigenvalue weighted by Crippen LogP contribution is 2.15. The molecule has 0 saturated carbocycles. The van der Waals surface area contributed by atoms with Crippen molar-refractivity contribution in [3.63, 3.8) is 0 Å². The Labute approximate surface area is 118 Å². The van der Waals surface area contributed by atoms with Gasteiger partial charge in [0.25, 0.3) is 5.97 Å². The standard InChI is InChI=1S/C14H26O.C2H4O2/c1-4-7-8-9-10-11-13(5-2)12-14(15)6-3;1-2(3)4/h14-15H,2,4,6-12H2,1,3H3;1H3,(H,3,4)/t14-;/m1./s1. The number of aliphatic carboxylic acids is 1. The van der Waals surface area contributed by atoms with Crippen LogP contribution in [0, 0.1) is 0 Å². The molecular weight excluding hydrogens is 240 g/mol. The molecule has 0 rings (SSSR count). The number of unbranched alkanes of at least 4 members (excludes halogenated alkanes) is 4. The summed E-state index contributed by atoms with van der Waals surface area (Å²) in [5, 5.41) is 16.9. The summed E-state index contributed by atoms with van der Waals surface area (Å²) in [5.74, 6) is -0.833. The molecule has 0 bridgehead atoms. The lowest BCUT2D eigenvalue weighted by atomic mass is 10.0. The second-order valence-corrected chi connectivity index (χ2v) is 4.73. The molecule has 0 unspecified atom stereocenters. The third kappa shape index (κ3) is 19.5. The lowest BCUT2D eigenvalue weighted by Crippen LogP contribution is -2.05. The lowest BCUT2D eigenvalue weighted by Gasteiger charge is -2.09. The topological polar surface area (TPSA) is 57.5 Å².